The molecular weight excluding hydrogens is 385 g/mol. The number of fused-ring (bicyclic) bond motifs is 3. The molecule has 1 aromatic heterocycles. The zero-order valence-corrected chi connectivity index (χ0v) is 17.2. The highest BCUT2D eigenvalue weighted by Gasteiger charge is 2.39. The first kappa shape index (κ1) is 19.3. The molecule has 1 fully saturated rings. The maximum absolute atomic E-state index is 15.0. The molecule has 3 heterocycles. The molecule has 0 unspecified atom stereocenters. The lowest BCUT2D eigenvalue weighted by Crippen LogP contribution is -2.28. The lowest BCUT2D eigenvalue weighted by molar-refractivity contribution is 0.0900. The number of benzene rings is 1. The smallest absolute Gasteiger partial charge is 0.165 e. The number of rotatable bonds is 3. The summed E-state index contributed by atoms with van der Waals surface area (Å²) in [5.41, 5.74) is 4.40. The van der Waals surface area contributed by atoms with E-state index < -0.39 is 5.82 Å². The lowest BCUT2D eigenvalue weighted by atomic mass is 9.75. The summed E-state index contributed by atoms with van der Waals surface area (Å²) in [6, 6.07) is 5.22. The Kier molecular flexibility index (Phi) is 4.46. The van der Waals surface area contributed by atoms with E-state index in [1.807, 2.05) is 16.7 Å². The van der Waals surface area contributed by atoms with Crippen LogP contribution in [0.25, 0.3) is 5.69 Å². The van der Waals surface area contributed by atoms with Crippen molar-refractivity contribution in [2.75, 3.05) is 18.5 Å². The molecule has 5 rings (SSSR count). The minimum absolute atomic E-state index is 0.00373. The van der Waals surface area contributed by atoms with Crippen molar-refractivity contribution in [3.05, 3.63) is 46.0 Å². The van der Waals surface area contributed by atoms with Crippen molar-refractivity contribution in [2.24, 2.45) is 5.41 Å². The molecule has 0 bridgehead atoms. The van der Waals surface area contributed by atoms with E-state index in [0.717, 1.165) is 35.4 Å². The summed E-state index contributed by atoms with van der Waals surface area (Å²) in [7, 11) is 0. The molecule has 0 amide bonds. The molecule has 2 aliphatic heterocycles. The highest BCUT2D eigenvalue weighted by molar-refractivity contribution is 6.01. The average Bonchev–Trinajstić information content (AvgIpc) is 3.37. The molecule has 0 radical (unpaired) electrons. The molecule has 1 aromatic carbocycles. The first-order chi connectivity index (χ1) is 14.4. The number of ketones is 1. The van der Waals surface area contributed by atoms with Crippen molar-refractivity contribution >= 4 is 11.5 Å². The van der Waals surface area contributed by atoms with Crippen LogP contribution in [0.15, 0.2) is 12.1 Å². The van der Waals surface area contributed by atoms with Crippen LogP contribution in [0, 0.1) is 22.6 Å². The lowest BCUT2D eigenvalue weighted by Gasteiger charge is -2.30. The Labute approximate surface area is 174 Å². The molecule has 3 aliphatic rings. The predicted octanol–water partition coefficient (Wildman–Crippen LogP) is 3.87. The third-order valence-corrected chi connectivity index (χ3v) is 6.26. The van der Waals surface area contributed by atoms with Gasteiger partial charge in [0.2, 0.25) is 0 Å². The minimum atomic E-state index is -0.576. The van der Waals surface area contributed by atoms with Gasteiger partial charge in [-0.1, -0.05) is 13.8 Å². The number of anilines is 1. The molecule has 7 heteroatoms. The Balaban J connectivity index is 1.68. The van der Waals surface area contributed by atoms with Crippen LogP contribution in [0.4, 0.5) is 10.1 Å². The summed E-state index contributed by atoms with van der Waals surface area (Å²) in [4.78, 5) is 13.0. The van der Waals surface area contributed by atoms with Gasteiger partial charge in [-0.25, -0.2) is 4.39 Å². The van der Waals surface area contributed by atoms with Gasteiger partial charge < -0.3 is 19.4 Å². The SMILES string of the molecule is CC1(C)CC(=O)c2c3c(n(-c4cc(F)c(C#N)c(N[C@H]5CCOC5)c4)c2C1)COC3. The van der Waals surface area contributed by atoms with Gasteiger partial charge in [-0.05, 0) is 30.4 Å². The first-order valence-corrected chi connectivity index (χ1v) is 10.3. The summed E-state index contributed by atoms with van der Waals surface area (Å²) in [5.74, 6) is -0.453. The molecule has 30 heavy (non-hydrogen) atoms. The minimum Gasteiger partial charge on any atom is -0.379 e. The highest BCUT2D eigenvalue weighted by Crippen LogP contribution is 2.42. The Morgan fingerprint density at radius 2 is 2.07 bits per heavy atom. The van der Waals surface area contributed by atoms with Gasteiger partial charge in [-0.15, -0.1) is 0 Å². The third kappa shape index (κ3) is 3.03. The number of nitrogens with one attached hydrogen (secondary N) is 1. The maximum Gasteiger partial charge on any atom is 0.165 e. The zero-order valence-electron chi connectivity index (χ0n) is 17.2. The molecule has 0 saturated carbocycles. The van der Waals surface area contributed by atoms with Gasteiger partial charge >= 0.3 is 0 Å². The van der Waals surface area contributed by atoms with Crippen LogP contribution < -0.4 is 5.32 Å². The van der Waals surface area contributed by atoms with Crippen LogP contribution in [0.2, 0.25) is 0 Å². The van der Waals surface area contributed by atoms with Gasteiger partial charge in [0.15, 0.2) is 5.78 Å². The fourth-order valence-electron chi connectivity index (χ4n) is 4.95. The predicted molar refractivity (Wildman–Crippen MR) is 108 cm³/mol. The Morgan fingerprint density at radius 3 is 2.80 bits per heavy atom. The maximum atomic E-state index is 15.0. The van der Waals surface area contributed by atoms with Crippen molar-refractivity contribution in [3.8, 4) is 11.8 Å². The summed E-state index contributed by atoms with van der Waals surface area (Å²) < 4.78 is 28.0. The van der Waals surface area contributed by atoms with E-state index in [1.165, 1.54) is 6.07 Å². The van der Waals surface area contributed by atoms with Gasteiger partial charge in [-0.3, -0.25) is 4.79 Å². The number of nitrogens with zero attached hydrogens (tertiary/aromatic N) is 2. The van der Waals surface area contributed by atoms with Gasteiger partial charge in [-0.2, -0.15) is 5.26 Å². The molecule has 6 nitrogen and oxygen atoms in total. The Hall–Kier alpha value is -2.69. The van der Waals surface area contributed by atoms with E-state index in [1.54, 1.807) is 0 Å². The van der Waals surface area contributed by atoms with Crippen LogP contribution in [-0.2, 0) is 29.1 Å². The van der Waals surface area contributed by atoms with Crippen LogP contribution >= 0.6 is 0 Å². The number of aromatic nitrogens is 1. The van der Waals surface area contributed by atoms with Crippen LogP contribution in [-0.4, -0.2) is 29.6 Å². The van der Waals surface area contributed by atoms with Gasteiger partial charge in [0.05, 0.1) is 42.9 Å². The summed E-state index contributed by atoms with van der Waals surface area (Å²) in [6.45, 7) is 6.13. The standard InChI is InChI=1S/C23H24FN3O3/c1-23(2)7-19-22(21(28)8-23)16-11-30-12-20(16)27(19)14-5-17(24)15(9-25)18(6-14)26-13-3-4-29-10-13/h5-6,13,26H,3-4,7-8,10-12H2,1-2H3/t13-/m0/s1. The van der Waals surface area contributed by atoms with Crippen LogP contribution in [0.3, 0.4) is 0 Å². The van der Waals surface area contributed by atoms with Crippen molar-refractivity contribution in [1.82, 2.24) is 4.57 Å². The molecule has 156 valence electrons. The number of carbonyl (C=O) groups excluding carboxylic acids is 1. The molecule has 2 aromatic rings. The number of halogens is 1. The van der Waals surface area contributed by atoms with Gasteiger partial charge in [0.1, 0.15) is 17.4 Å². The number of Topliss-reactive ketones (excluding diaryl/α,β-unsaturated/α-hetero) is 1. The second-order valence-corrected chi connectivity index (χ2v) is 9.18. The number of hydrogen-bond donors (Lipinski definition) is 1. The van der Waals surface area contributed by atoms with E-state index in [4.69, 9.17) is 9.47 Å². The van der Waals surface area contributed by atoms with Gasteiger partial charge in [0.25, 0.3) is 0 Å². The first-order valence-electron chi connectivity index (χ1n) is 10.3. The van der Waals surface area contributed by atoms with Crippen molar-refractivity contribution in [1.29, 1.82) is 5.26 Å². The average molecular weight is 409 g/mol. The van der Waals surface area contributed by atoms with Crippen LogP contribution in [0.1, 0.15) is 59.6 Å². The van der Waals surface area contributed by atoms with E-state index in [0.29, 0.717) is 44.2 Å². The Bertz CT molecular complexity index is 1090. The van der Waals surface area contributed by atoms with Crippen LogP contribution in [0.5, 0.6) is 0 Å². The quantitative estimate of drug-likeness (QED) is 0.833. The number of hydrogen-bond acceptors (Lipinski definition) is 5. The number of nitriles is 1. The number of carbonyl (C=O) groups is 1. The second-order valence-electron chi connectivity index (χ2n) is 9.18. The monoisotopic (exact) mass is 409 g/mol. The molecule has 0 spiro atoms. The molecule has 1 saturated heterocycles. The highest BCUT2D eigenvalue weighted by atomic mass is 19.1. The fraction of sp³-hybridized carbons (Fsp3) is 0.478. The fourth-order valence-corrected chi connectivity index (χ4v) is 4.95. The summed E-state index contributed by atoms with van der Waals surface area (Å²) >= 11 is 0. The van der Waals surface area contributed by atoms with E-state index in [9.17, 15) is 14.4 Å². The topological polar surface area (TPSA) is 76.3 Å². The molecule has 1 atom stereocenters. The summed E-state index contributed by atoms with van der Waals surface area (Å²) in [6.07, 6.45) is 2.02. The Morgan fingerprint density at radius 1 is 1.23 bits per heavy atom. The van der Waals surface area contributed by atoms with Crippen molar-refractivity contribution in [3.63, 3.8) is 0 Å². The van der Waals surface area contributed by atoms with Crippen molar-refractivity contribution < 1.29 is 18.7 Å². The zero-order chi connectivity index (χ0) is 21.0. The largest absolute Gasteiger partial charge is 0.379 e. The third-order valence-electron chi connectivity index (χ3n) is 6.26. The molecular formula is C23H24FN3O3. The van der Waals surface area contributed by atoms with E-state index in [-0.39, 0.29) is 22.8 Å². The van der Waals surface area contributed by atoms with Gasteiger partial charge in [0, 0.05) is 29.8 Å². The summed E-state index contributed by atoms with van der Waals surface area (Å²) in [5, 5.41) is 12.8. The molecule has 1 aliphatic carbocycles. The normalized spacial score (nSPS) is 21.9. The second kappa shape index (κ2) is 6.93. The van der Waals surface area contributed by atoms with E-state index in [2.05, 4.69) is 19.2 Å². The van der Waals surface area contributed by atoms with E-state index >= 15 is 0 Å². The molecule has 1 N–H and O–H groups in total. The number of ether oxygens (including phenoxy) is 2. The van der Waals surface area contributed by atoms with Crippen molar-refractivity contribution in [2.45, 2.75) is 52.4 Å².